The van der Waals surface area contributed by atoms with Crippen molar-refractivity contribution in [3.05, 3.63) is 82.5 Å². The molecule has 5 atom stereocenters. The first kappa shape index (κ1) is 29.4. The van der Waals surface area contributed by atoms with E-state index in [1.54, 1.807) is 12.1 Å². The first-order chi connectivity index (χ1) is 20.5. The average Bonchev–Trinajstić information content (AvgIpc) is 2.97. The zero-order valence-electron chi connectivity index (χ0n) is 22.1. The maximum atomic E-state index is 13.5. The monoisotopic (exact) mass is 594 g/mol. The molecule has 13 nitrogen and oxygen atoms in total. The molecule has 0 aliphatic carbocycles. The molecule has 13 heteroatoms. The molecule has 0 bridgehead atoms. The van der Waals surface area contributed by atoms with Crippen molar-refractivity contribution in [1.29, 1.82) is 0 Å². The number of carbonyl (C=O) groups is 1. The van der Waals surface area contributed by atoms with Crippen molar-refractivity contribution in [1.82, 2.24) is 0 Å². The summed E-state index contributed by atoms with van der Waals surface area (Å²) < 4.78 is 22.2. The molecule has 1 aliphatic heterocycles. The molecule has 0 amide bonds. The Balaban J connectivity index is 1.42. The number of rotatable bonds is 7. The highest BCUT2D eigenvalue weighted by molar-refractivity contribution is 5.88. The number of aliphatic hydroxyl groups is 3. The molecule has 1 aromatic heterocycles. The van der Waals surface area contributed by atoms with Crippen LogP contribution in [0.15, 0.2) is 76.0 Å². The molecule has 0 radical (unpaired) electrons. The van der Waals surface area contributed by atoms with Crippen molar-refractivity contribution in [2.45, 2.75) is 30.7 Å². The molecule has 224 valence electrons. The average molecular weight is 595 g/mol. The predicted octanol–water partition coefficient (Wildman–Crippen LogP) is 1.73. The smallest absolute Gasteiger partial charge is 0.330 e. The first-order valence-electron chi connectivity index (χ1n) is 12.8. The van der Waals surface area contributed by atoms with E-state index in [0.29, 0.717) is 5.56 Å². The van der Waals surface area contributed by atoms with E-state index >= 15 is 0 Å². The second-order valence-corrected chi connectivity index (χ2v) is 9.66. The van der Waals surface area contributed by atoms with Crippen LogP contribution in [0.4, 0.5) is 0 Å². The minimum atomic E-state index is -1.90. The van der Waals surface area contributed by atoms with Crippen LogP contribution in [0.5, 0.6) is 28.7 Å². The predicted molar refractivity (Wildman–Crippen MR) is 148 cm³/mol. The highest BCUT2D eigenvalue weighted by Crippen LogP contribution is 2.37. The molecule has 5 rings (SSSR count). The lowest BCUT2D eigenvalue weighted by atomic mass is 9.99. The fourth-order valence-corrected chi connectivity index (χ4v) is 4.41. The van der Waals surface area contributed by atoms with E-state index in [1.165, 1.54) is 42.5 Å². The van der Waals surface area contributed by atoms with E-state index < -0.39 is 66.0 Å². The zero-order chi connectivity index (χ0) is 30.8. The molecular formula is C30H26O13. The molecule has 1 fully saturated rings. The van der Waals surface area contributed by atoms with Crippen LogP contribution in [-0.4, -0.2) is 79.0 Å². The van der Waals surface area contributed by atoms with Crippen molar-refractivity contribution in [3.8, 4) is 40.1 Å². The number of esters is 1. The van der Waals surface area contributed by atoms with Crippen LogP contribution >= 0.6 is 0 Å². The van der Waals surface area contributed by atoms with Gasteiger partial charge in [0.1, 0.15) is 65.0 Å². The van der Waals surface area contributed by atoms with Crippen LogP contribution in [0.3, 0.4) is 0 Å². The van der Waals surface area contributed by atoms with Gasteiger partial charge in [-0.15, -0.1) is 0 Å². The number of ether oxygens (including phenoxy) is 3. The second-order valence-electron chi connectivity index (χ2n) is 9.66. The summed E-state index contributed by atoms with van der Waals surface area (Å²) in [6, 6.07) is 13.4. The summed E-state index contributed by atoms with van der Waals surface area (Å²) in [6.45, 7) is -0.583. The van der Waals surface area contributed by atoms with Crippen molar-refractivity contribution in [2.75, 3.05) is 6.61 Å². The normalized spacial score (nSPS) is 22.1. The molecule has 7 N–H and O–H groups in total. The lowest BCUT2D eigenvalue weighted by molar-refractivity contribution is -0.278. The summed E-state index contributed by atoms with van der Waals surface area (Å²) in [5, 5.41) is 70.6. The minimum absolute atomic E-state index is 0.0495. The molecule has 2 unspecified atom stereocenters. The fourth-order valence-electron chi connectivity index (χ4n) is 4.41. The summed E-state index contributed by atoms with van der Waals surface area (Å²) in [5.74, 6) is -2.70. The maximum Gasteiger partial charge on any atom is 0.330 e. The summed E-state index contributed by atoms with van der Waals surface area (Å²) in [7, 11) is 0. The Bertz CT molecular complexity index is 1710. The van der Waals surface area contributed by atoms with Crippen LogP contribution in [0.25, 0.3) is 28.4 Å². The topological polar surface area (TPSA) is 217 Å². The van der Waals surface area contributed by atoms with Gasteiger partial charge in [-0.25, -0.2) is 4.79 Å². The van der Waals surface area contributed by atoms with Gasteiger partial charge in [-0.2, -0.15) is 0 Å². The second kappa shape index (κ2) is 12.0. The number of hydrogen-bond donors (Lipinski definition) is 7. The van der Waals surface area contributed by atoms with Gasteiger partial charge in [0.15, 0.2) is 5.76 Å². The van der Waals surface area contributed by atoms with Gasteiger partial charge in [-0.05, 0) is 48.0 Å². The maximum absolute atomic E-state index is 13.5. The largest absolute Gasteiger partial charge is 0.508 e. The number of benzene rings is 3. The van der Waals surface area contributed by atoms with E-state index in [0.717, 1.165) is 18.2 Å². The van der Waals surface area contributed by atoms with Gasteiger partial charge in [0.05, 0.1) is 0 Å². The number of phenols is 4. The third kappa shape index (κ3) is 6.24. The number of aliphatic hydroxyl groups excluding tert-OH is 3. The fraction of sp³-hybridized carbons (Fsp3) is 0.200. The van der Waals surface area contributed by atoms with Crippen LogP contribution in [0, 0.1) is 0 Å². The Morgan fingerprint density at radius 3 is 2.16 bits per heavy atom. The number of hydrogen-bond acceptors (Lipinski definition) is 13. The number of fused-ring (bicyclic) bond motifs is 1. The molecule has 0 spiro atoms. The third-order valence-electron chi connectivity index (χ3n) is 6.64. The van der Waals surface area contributed by atoms with E-state index in [9.17, 15) is 45.3 Å². The van der Waals surface area contributed by atoms with Gasteiger partial charge in [-0.3, -0.25) is 4.79 Å². The summed E-state index contributed by atoms with van der Waals surface area (Å²) >= 11 is 0. The Morgan fingerprint density at radius 1 is 0.837 bits per heavy atom. The Hall–Kier alpha value is -5.08. The molecule has 3 aromatic carbocycles. The van der Waals surface area contributed by atoms with Crippen LogP contribution in [0.1, 0.15) is 5.56 Å². The Kier molecular flexibility index (Phi) is 8.23. The first-order valence-corrected chi connectivity index (χ1v) is 12.8. The van der Waals surface area contributed by atoms with E-state index in [1.807, 2.05) is 0 Å². The molecular weight excluding hydrogens is 568 g/mol. The minimum Gasteiger partial charge on any atom is -0.508 e. The van der Waals surface area contributed by atoms with Crippen molar-refractivity contribution in [3.63, 3.8) is 0 Å². The Labute approximate surface area is 242 Å². The highest BCUT2D eigenvalue weighted by Gasteiger charge is 2.46. The molecule has 0 saturated carbocycles. The lowest BCUT2D eigenvalue weighted by Gasteiger charge is -2.39. The van der Waals surface area contributed by atoms with Crippen LogP contribution in [-0.2, 0) is 14.3 Å². The molecule has 2 heterocycles. The van der Waals surface area contributed by atoms with E-state index in [4.69, 9.17) is 18.6 Å². The zero-order valence-corrected chi connectivity index (χ0v) is 22.1. The molecule has 1 aliphatic rings. The lowest BCUT2D eigenvalue weighted by Crippen LogP contribution is -2.60. The van der Waals surface area contributed by atoms with Crippen molar-refractivity contribution in [2.24, 2.45) is 0 Å². The van der Waals surface area contributed by atoms with Gasteiger partial charge in [0.2, 0.25) is 17.5 Å². The standard InChI is InChI=1S/C30H26O13/c31-16-6-1-14(2-7-16)3-10-22(35)40-13-21-24(36)26(38)27(39)30(42-21)43-29-25(37)23-19(34)11-18(33)12-20(23)41-28(29)15-4-8-17(32)9-5-15/h1-12,21,24,26-27,30-34,36,38-39H,13H2/b10-3+/t21?,24-,26?,27+,30+/m1/s1. The van der Waals surface area contributed by atoms with Gasteiger partial charge >= 0.3 is 5.97 Å². The van der Waals surface area contributed by atoms with Crippen molar-refractivity contribution >= 4 is 23.0 Å². The quantitative estimate of drug-likeness (QED) is 0.120. The summed E-state index contributed by atoms with van der Waals surface area (Å²) in [4.78, 5) is 25.8. The van der Waals surface area contributed by atoms with Gasteiger partial charge < -0.3 is 54.4 Å². The summed E-state index contributed by atoms with van der Waals surface area (Å²) in [5.41, 5.74) is -0.328. The van der Waals surface area contributed by atoms with Gasteiger partial charge in [-0.1, -0.05) is 12.1 Å². The van der Waals surface area contributed by atoms with Gasteiger partial charge in [0, 0.05) is 23.8 Å². The molecule has 1 saturated heterocycles. The molecule has 4 aromatic rings. The number of phenolic OH excluding ortho intramolecular Hbond substituents is 4. The number of carbonyl (C=O) groups excluding carboxylic acids is 1. The van der Waals surface area contributed by atoms with E-state index in [-0.39, 0.29) is 33.8 Å². The van der Waals surface area contributed by atoms with Gasteiger partial charge in [0.25, 0.3) is 0 Å². The summed E-state index contributed by atoms with van der Waals surface area (Å²) in [6.07, 6.45) is -6.17. The third-order valence-corrected chi connectivity index (χ3v) is 6.64. The van der Waals surface area contributed by atoms with E-state index in [2.05, 4.69) is 0 Å². The van der Waals surface area contributed by atoms with Crippen molar-refractivity contribution < 1.29 is 59.2 Å². The number of aromatic hydroxyl groups is 4. The Morgan fingerprint density at radius 2 is 1.49 bits per heavy atom. The van der Waals surface area contributed by atoms with Crippen LogP contribution < -0.4 is 10.2 Å². The highest BCUT2D eigenvalue weighted by atomic mass is 16.7. The molecule has 43 heavy (non-hydrogen) atoms. The van der Waals surface area contributed by atoms with Crippen LogP contribution in [0.2, 0.25) is 0 Å². The SMILES string of the molecule is O=C(/C=C/c1ccc(O)cc1)OCC1O[C@@H](Oc2c(-c3ccc(O)cc3)oc3cc(O)cc(O)c3c2=O)[C@@H](O)C(O)[C@@H]1O.